The first-order chi connectivity index (χ1) is 10.6. The van der Waals surface area contributed by atoms with Crippen LogP contribution in [0.5, 0.6) is 11.5 Å². The molecular formula is C15H16N2O5. The molecule has 0 saturated heterocycles. The Morgan fingerprint density at radius 3 is 2.50 bits per heavy atom. The lowest BCUT2D eigenvalue weighted by atomic mass is 10.1. The molecule has 1 heterocycles. The number of nitrogens with zero attached hydrogens (tertiary/aromatic N) is 1. The molecule has 1 aliphatic heterocycles. The van der Waals surface area contributed by atoms with Crippen molar-refractivity contribution in [2.45, 2.75) is 6.10 Å². The fourth-order valence-electron chi connectivity index (χ4n) is 1.89. The van der Waals surface area contributed by atoms with Crippen molar-refractivity contribution in [1.82, 2.24) is 0 Å². The average molecular weight is 304 g/mol. The summed E-state index contributed by atoms with van der Waals surface area (Å²) in [5, 5.41) is 2.64. The Kier molecular flexibility index (Phi) is 4.90. The molecule has 7 heteroatoms. The third-order valence-electron chi connectivity index (χ3n) is 3.04. The van der Waals surface area contributed by atoms with Crippen molar-refractivity contribution in [2.75, 3.05) is 26.6 Å². The van der Waals surface area contributed by atoms with E-state index < -0.39 is 12.0 Å². The SMILES string of the molecule is COc1ccc(NC(=O)C2=CC(=O)C(OC)C=N2)cc1OC. The molecule has 0 saturated carbocycles. The molecule has 2 rings (SSSR count). The number of nitrogens with one attached hydrogen (secondary N) is 1. The van der Waals surface area contributed by atoms with Gasteiger partial charge >= 0.3 is 0 Å². The molecular weight excluding hydrogens is 288 g/mol. The van der Waals surface area contributed by atoms with Gasteiger partial charge in [-0.05, 0) is 12.1 Å². The van der Waals surface area contributed by atoms with Gasteiger partial charge in [-0.25, -0.2) is 0 Å². The van der Waals surface area contributed by atoms with Crippen molar-refractivity contribution in [3.63, 3.8) is 0 Å². The van der Waals surface area contributed by atoms with Gasteiger partial charge in [0, 0.05) is 31.2 Å². The summed E-state index contributed by atoms with van der Waals surface area (Å²) in [4.78, 5) is 27.7. The van der Waals surface area contributed by atoms with Crippen molar-refractivity contribution >= 4 is 23.6 Å². The quantitative estimate of drug-likeness (QED) is 0.883. The molecule has 7 nitrogen and oxygen atoms in total. The van der Waals surface area contributed by atoms with Crippen LogP contribution < -0.4 is 14.8 Å². The van der Waals surface area contributed by atoms with Gasteiger partial charge < -0.3 is 19.5 Å². The Morgan fingerprint density at radius 1 is 1.18 bits per heavy atom. The summed E-state index contributed by atoms with van der Waals surface area (Å²) in [7, 11) is 4.42. The zero-order chi connectivity index (χ0) is 16.1. The largest absolute Gasteiger partial charge is 0.493 e. The van der Waals surface area contributed by atoms with Gasteiger partial charge in [0.15, 0.2) is 23.4 Å². The second kappa shape index (κ2) is 6.86. The number of hydrogen-bond donors (Lipinski definition) is 1. The summed E-state index contributed by atoms with van der Waals surface area (Å²) in [6, 6.07) is 4.94. The van der Waals surface area contributed by atoms with Gasteiger partial charge in [0.2, 0.25) is 0 Å². The van der Waals surface area contributed by atoms with E-state index in [1.54, 1.807) is 18.2 Å². The van der Waals surface area contributed by atoms with Gasteiger partial charge in [0.25, 0.3) is 5.91 Å². The Hall–Kier alpha value is -2.67. The topological polar surface area (TPSA) is 86.2 Å². The van der Waals surface area contributed by atoms with Gasteiger partial charge in [-0.2, -0.15) is 0 Å². The van der Waals surface area contributed by atoms with Crippen LogP contribution in [0, 0.1) is 0 Å². The summed E-state index contributed by atoms with van der Waals surface area (Å²) in [5.74, 6) is 0.215. The molecule has 1 amide bonds. The van der Waals surface area contributed by atoms with Gasteiger partial charge in [-0.15, -0.1) is 0 Å². The number of carbonyl (C=O) groups is 2. The monoisotopic (exact) mass is 304 g/mol. The van der Waals surface area contributed by atoms with Crippen LogP contribution in [-0.4, -0.2) is 45.3 Å². The number of benzene rings is 1. The average Bonchev–Trinajstić information content (AvgIpc) is 2.54. The number of amides is 1. The lowest BCUT2D eigenvalue weighted by Gasteiger charge is -2.13. The molecule has 1 atom stereocenters. The van der Waals surface area contributed by atoms with Gasteiger partial charge in [-0.1, -0.05) is 0 Å². The highest BCUT2D eigenvalue weighted by atomic mass is 16.5. The van der Waals surface area contributed by atoms with Crippen molar-refractivity contribution in [3.8, 4) is 11.5 Å². The van der Waals surface area contributed by atoms with E-state index in [4.69, 9.17) is 14.2 Å². The number of carbonyl (C=O) groups excluding carboxylic acids is 2. The molecule has 0 spiro atoms. The van der Waals surface area contributed by atoms with E-state index in [1.165, 1.54) is 27.5 Å². The first-order valence-electron chi connectivity index (χ1n) is 6.45. The zero-order valence-corrected chi connectivity index (χ0v) is 12.5. The highest BCUT2D eigenvalue weighted by molar-refractivity contribution is 6.15. The predicted octanol–water partition coefficient (Wildman–Crippen LogP) is 1.19. The lowest BCUT2D eigenvalue weighted by molar-refractivity contribution is -0.121. The van der Waals surface area contributed by atoms with E-state index in [0.717, 1.165) is 6.08 Å². The number of anilines is 1. The molecule has 1 unspecified atom stereocenters. The van der Waals surface area contributed by atoms with Crippen LogP contribution in [0.3, 0.4) is 0 Å². The number of rotatable bonds is 5. The molecule has 0 bridgehead atoms. The molecule has 0 radical (unpaired) electrons. The highest BCUT2D eigenvalue weighted by Gasteiger charge is 2.21. The van der Waals surface area contributed by atoms with E-state index in [2.05, 4.69) is 10.3 Å². The molecule has 116 valence electrons. The predicted molar refractivity (Wildman–Crippen MR) is 80.6 cm³/mol. The van der Waals surface area contributed by atoms with E-state index >= 15 is 0 Å². The summed E-state index contributed by atoms with van der Waals surface area (Å²) in [6.45, 7) is 0. The number of aliphatic imine (C=N–C) groups is 1. The second-order valence-electron chi connectivity index (χ2n) is 4.39. The van der Waals surface area contributed by atoms with Gasteiger partial charge in [0.1, 0.15) is 5.70 Å². The maximum Gasteiger partial charge on any atom is 0.274 e. The van der Waals surface area contributed by atoms with Crippen molar-refractivity contribution in [2.24, 2.45) is 4.99 Å². The fraction of sp³-hybridized carbons (Fsp3) is 0.267. The van der Waals surface area contributed by atoms with Crippen LogP contribution in [0.2, 0.25) is 0 Å². The maximum absolute atomic E-state index is 12.1. The summed E-state index contributed by atoms with van der Waals surface area (Å²) in [6.07, 6.45) is 1.72. The number of methoxy groups -OCH3 is 3. The molecule has 1 aromatic carbocycles. The van der Waals surface area contributed by atoms with Crippen molar-refractivity contribution in [3.05, 3.63) is 30.0 Å². The van der Waals surface area contributed by atoms with Crippen LogP contribution in [0.1, 0.15) is 0 Å². The highest BCUT2D eigenvalue weighted by Crippen LogP contribution is 2.29. The Bertz CT molecular complexity index is 651. The molecule has 0 aliphatic carbocycles. The first-order valence-corrected chi connectivity index (χ1v) is 6.45. The minimum Gasteiger partial charge on any atom is -0.493 e. The molecule has 1 aromatic rings. The van der Waals surface area contributed by atoms with E-state index in [0.29, 0.717) is 17.2 Å². The Labute approximate surface area is 127 Å². The third kappa shape index (κ3) is 3.32. The Morgan fingerprint density at radius 2 is 1.91 bits per heavy atom. The number of ether oxygens (including phenoxy) is 3. The minimum absolute atomic E-state index is 0.0214. The lowest BCUT2D eigenvalue weighted by Crippen LogP contribution is -2.28. The van der Waals surface area contributed by atoms with E-state index in [9.17, 15) is 9.59 Å². The molecule has 0 fully saturated rings. The van der Waals surface area contributed by atoms with E-state index in [-0.39, 0.29) is 11.5 Å². The Balaban J connectivity index is 2.13. The summed E-state index contributed by atoms with van der Waals surface area (Å²) in [5.41, 5.74) is 0.521. The van der Waals surface area contributed by atoms with Crippen molar-refractivity contribution in [1.29, 1.82) is 0 Å². The number of hydrogen-bond acceptors (Lipinski definition) is 6. The van der Waals surface area contributed by atoms with Crippen LogP contribution in [0.25, 0.3) is 0 Å². The molecule has 0 aromatic heterocycles. The maximum atomic E-state index is 12.1. The first kappa shape index (κ1) is 15.7. The summed E-state index contributed by atoms with van der Waals surface area (Å²) < 4.78 is 15.2. The van der Waals surface area contributed by atoms with Crippen LogP contribution in [0.15, 0.2) is 35.0 Å². The molecule has 1 aliphatic rings. The fourth-order valence-corrected chi connectivity index (χ4v) is 1.89. The van der Waals surface area contributed by atoms with Crippen LogP contribution >= 0.6 is 0 Å². The van der Waals surface area contributed by atoms with Gasteiger partial charge in [-0.3, -0.25) is 14.6 Å². The smallest absolute Gasteiger partial charge is 0.274 e. The minimum atomic E-state index is -0.738. The molecule has 22 heavy (non-hydrogen) atoms. The van der Waals surface area contributed by atoms with Crippen LogP contribution in [0.4, 0.5) is 5.69 Å². The van der Waals surface area contributed by atoms with Crippen molar-refractivity contribution < 1.29 is 23.8 Å². The zero-order valence-electron chi connectivity index (χ0n) is 12.5. The van der Waals surface area contributed by atoms with E-state index in [1.807, 2.05) is 0 Å². The summed E-state index contributed by atoms with van der Waals surface area (Å²) >= 11 is 0. The standard InChI is InChI=1S/C15H16N2O5/c1-20-12-5-4-9(6-13(12)21-2)17-15(19)10-7-11(18)14(22-3)8-16-10/h4-8,14H,1-3H3,(H,17,19). The third-order valence-corrected chi connectivity index (χ3v) is 3.04. The second-order valence-corrected chi connectivity index (χ2v) is 4.39. The van der Waals surface area contributed by atoms with Crippen LogP contribution in [-0.2, 0) is 14.3 Å². The normalized spacial score (nSPS) is 17.0. The number of ketones is 1. The molecule has 1 N–H and O–H groups in total. The van der Waals surface area contributed by atoms with Gasteiger partial charge in [0.05, 0.1) is 14.2 Å².